The fourth-order valence-electron chi connectivity index (χ4n) is 2.24. The molecule has 0 fully saturated rings. The third kappa shape index (κ3) is 2.53. The van der Waals surface area contributed by atoms with E-state index in [-0.39, 0.29) is 0 Å². The Bertz CT molecular complexity index is 505. The van der Waals surface area contributed by atoms with E-state index in [0.29, 0.717) is 18.6 Å². The second-order valence-electron chi connectivity index (χ2n) is 4.62. The standard InChI is InChI=1S/C14H16O4/c1-8-6-9(2)11-4-5-12(17-10(3)15)14(16)18-13(11)7-8/h6-7,12H,4-5H2,1-3H3. The molecule has 1 aromatic carbocycles. The minimum atomic E-state index is -0.797. The van der Waals surface area contributed by atoms with E-state index in [2.05, 4.69) is 6.07 Å². The lowest BCUT2D eigenvalue weighted by molar-refractivity contribution is -0.160. The van der Waals surface area contributed by atoms with E-state index in [1.54, 1.807) is 0 Å². The SMILES string of the molecule is CC(=O)OC1CCc2c(C)cc(C)cc2OC1=O. The minimum absolute atomic E-state index is 0.462. The Kier molecular flexibility index (Phi) is 3.36. The fraction of sp³-hybridized carbons (Fsp3) is 0.429. The topological polar surface area (TPSA) is 52.6 Å². The van der Waals surface area contributed by atoms with Gasteiger partial charge in [0.2, 0.25) is 0 Å². The molecule has 0 N–H and O–H groups in total. The van der Waals surface area contributed by atoms with Crippen LogP contribution < -0.4 is 4.74 Å². The van der Waals surface area contributed by atoms with Crippen molar-refractivity contribution in [2.45, 2.75) is 39.7 Å². The van der Waals surface area contributed by atoms with Gasteiger partial charge in [-0.15, -0.1) is 0 Å². The Morgan fingerprint density at radius 2 is 2.11 bits per heavy atom. The van der Waals surface area contributed by atoms with E-state index in [0.717, 1.165) is 16.7 Å². The lowest BCUT2D eigenvalue weighted by atomic mass is 10.00. The molecule has 0 radical (unpaired) electrons. The van der Waals surface area contributed by atoms with Crippen molar-refractivity contribution >= 4 is 11.9 Å². The first-order valence-electron chi connectivity index (χ1n) is 5.96. The number of ether oxygens (including phenoxy) is 2. The van der Waals surface area contributed by atoms with Gasteiger partial charge in [0.1, 0.15) is 5.75 Å². The Balaban J connectivity index is 2.30. The highest BCUT2D eigenvalue weighted by molar-refractivity contribution is 5.81. The zero-order chi connectivity index (χ0) is 13.3. The molecule has 96 valence electrons. The summed E-state index contributed by atoms with van der Waals surface area (Å²) < 4.78 is 10.3. The van der Waals surface area contributed by atoms with Crippen molar-refractivity contribution in [3.05, 3.63) is 28.8 Å². The average Bonchev–Trinajstić information content (AvgIpc) is 2.38. The van der Waals surface area contributed by atoms with Gasteiger partial charge >= 0.3 is 11.9 Å². The van der Waals surface area contributed by atoms with Gasteiger partial charge in [0.05, 0.1) is 0 Å². The monoisotopic (exact) mass is 248 g/mol. The first kappa shape index (κ1) is 12.6. The van der Waals surface area contributed by atoms with Crippen molar-refractivity contribution in [1.82, 2.24) is 0 Å². The second kappa shape index (κ2) is 4.80. The normalized spacial score (nSPS) is 18.6. The van der Waals surface area contributed by atoms with E-state index in [1.165, 1.54) is 6.92 Å². The van der Waals surface area contributed by atoms with Crippen molar-refractivity contribution in [3.8, 4) is 5.75 Å². The lowest BCUT2D eigenvalue weighted by Crippen LogP contribution is -2.29. The maximum absolute atomic E-state index is 11.8. The van der Waals surface area contributed by atoms with Crippen LogP contribution in [-0.2, 0) is 20.7 Å². The number of rotatable bonds is 1. The van der Waals surface area contributed by atoms with Crippen LogP contribution >= 0.6 is 0 Å². The quantitative estimate of drug-likeness (QED) is 0.564. The molecular weight excluding hydrogens is 232 g/mol. The van der Waals surface area contributed by atoms with Crippen molar-refractivity contribution in [1.29, 1.82) is 0 Å². The number of hydrogen-bond acceptors (Lipinski definition) is 4. The van der Waals surface area contributed by atoms with Gasteiger partial charge in [-0.1, -0.05) is 6.07 Å². The van der Waals surface area contributed by atoms with E-state index >= 15 is 0 Å². The number of esters is 2. The van der Waals surface area contributed by atoms with E-state index in [4.69, 9.17) is 9.47 Å². The van der Waals surface area contributed by atoms with Crippen LogP contribution in [0.25, 0.3) is 0 Å². The number of fused-ring (bicyclic) bond motifs is 1. The number of carbonyl (C=O) groups is 2. The average molecular weight is 248 g/mol. The summed E-state index contributed by atoms with van der Waals surface area (Å²) in [5.74, 6) is -0.364. The summed E-state index contributed by atoms with van der Waals surface area (Å²) in [5.41, 5.74) is 3.16. The first-order chi connectivity index (χ1) is 8.47. The maximum atomic E-state index is 11.8. The highest BCUT2D eigenvalue weighted by Crippen LogP contribution is 2.29. The molecule has 0 spiro atoms. The molecule has 0 aliphatic carbocycles. The van der Waals surface area contributed by atoms with Gasteiger partial charge in [0, 0.05) is 6.92 Å². The molecule has 1 aliphatic rings. The Hall–Kier alpha value is -1.84. The van der Waals surface area contributed by atoms with Crippen molar-refractivity contribution < 1.29 is 19.1 Å². The van der Waals surface area contributed by atoms with Crippen LogP contribution in [0.5, 0.6) is 5.75 Å². The summed E-state index contributed by atoms with van der Waals surface area (Å²) >= 11 is 0. The van der Waals surface area contributed by atoms with Crippen LogP contribution in [0, 0.1) is 13.8 Å². The maximum Gasteiger partial charge on any atom is 0.352 e. The molecule has 1 unspecified atom stereocenters. The van der Waals surface area contributed by atoms with Gasteiger partial charge in [-0.2, -0.15) is 0 Å². The summed E-state index contributed by atoms with van der Waals surface area (Å²) in [7, 11) is 0. The van der Waals surface area contributed by atoms with Gasteiger partial charge in [-0.05, 0) is 49.4 Å². The van der Waals surface area contributed by atoms with Gasteiger partial charge < -0.3 is 9.47 Å². The van der Waals surface area contributed by atoms with Gasteiger partial charge in [-0.25, -0.2) is 4.79 Å². The summed E-state index contributed by atoms with van der Waals surface area (Å²) in [6, 6.07) is 3.90. The molecule has 1 aromatic rings. The largest absolute Gasteiger partial charge is 0.450 e. The van der Waals surface area contributed by atoms with Crippen LogP contribution in [0.4, 0.5) is 0 Å². The molecule has 1 heterocycles. The van der Waals surface area contributed by atoms with Crippen molar-refractivity contribution in [2.24, 2.45) is 0 Å². The third-order valence-electron chi connectivity index (χ3n) is 3.01. The predicted octanol–water partition coefficient (Wildman–Crippen LogP) is 2.09. The van der Waals surface area contributed by atoms with Gasteiger partial charge in [0.15, 0.2) is 6.10 Å². The smallest absolute Gasteiger partial charge is 0.352 e. The molecule has 4 nitrogen and oxygen atoms in total. The fourth-order valence-corrected chi connectivity index (χ4v) is 2.24. The summed E-state index contributed by atoms with van der Waals surface area (Å²) in [6.45, 7) is 5.24. The summed E-state index contributed by atoms with van der Waals surface area (Å²) in [5, 5.41) is 0. The molecule has 0 saturated carbocycles. The van der Waals surface area contributed by atoms with E-state index < -0.39 is 18.0 Å². The number of hydrogen-bond donors (Lipinski definition) is 0. The lowest BCUT2D eigenvalue weighted by Gasteiger charge is -2.11. The van der Waals surface area contributed by atoms with Gasteiger partial charge in [0.25, 0.3) is 0 Å². The molecule has 0 saturated heterocycles. The highest BCUT2D eigenvalue weighted by Gasteiger charge is 2.28. The van der Waals surface area contributed by atoms with Gasteiger partial charge in [-0.3, -0.25) is 4.79 Å². The summed E-state index contributed by atoms with van der Waals surface area (Å²) in [6.07, 6.45) is 0.343. The Morgan fingerprint density at radius 3 is 2.78 bits per heavy atom. The second-order valence-corrected chi connectivity index (χ2v) is 4.62. The molecule has 2 rings (SSSR count). The van der Waals surface area contributed by atoms with Crippen LogP contribution in [0.3, 0.4) is 0 Å². The number of carbonyl (C=O) groups excluding carboxylic acids is 2. The Labute approximate surface area is 106 Å². The van der Waals surface area contributed by atoms with Crippen LogP contribution in [0.1, 0.15) is 30.0 Å². The molecule has 0 bridgehead atoms. The summed E-state index contributed by atoms with van der Waals surface area (Å²) in [4.78, 5) is 22.8. The zero-order valence-corrected chi connectivity index (χ0v) is 10.8. The van der Waals surface area contributed by atoms with E-state index in [1.807, 2.05) is 19.9 Å². The Morgan fingerprint density at radius 1 is 1.39 bits per heavy atom. The van der Waals surface area contributed by atoms with Crippen LogP contribution in [0.2, 0.25) is 0 Å². The van der Waals surface area contributed by atoms with Crippen molar-refractivity contribution in [3.63, 3.8) is 0 Å². The third-order valence-corrected chi connectivity index (χ3v) is 3.01. The minimum Gasteiger partial charge on any atom is -0.450 e. The highest BCUT2D eigenvalue weighted by atomic mass is 16.6. The number of benzene rings is 1. The molecule has 0 amide bonds. The molecule has 18 heavy (non-hydrogen) atoms. The van der Waals surface area contributed by atoms with E-state index in [9.17, 15) is 9.59 Å². The molecule has 4 heteroatoms. The predicted molar refractivity (Wildman–Crippen MR) is 65.4 cm³/mol. The zero-order valence-electron chi connectivity index (χ0n) is 10.8. The van der Waals surface area contributed by atoms with Crippen LogP contribution in [-0.4, -0.2) is 18.0 Å². The van der Waals surface area contributed by atoms with Crippen LogP contribution in [0.15, 0.2) is 12.1 Å². The van der Waals surface area contributed by atoms with Crippen molar-refractivity contribution in [2.75, 3.05) is 0 Å². The first-order valence-corrected chi connectivity index (χ1v) is 5.96. The molecule has 0 aromatic heterocycles. The molecular formula is C14H16O4. The molecule has 1 atom stereocenters. The molecule has 1 aliphatic heterocycles. The number of aryl methyl sites for hydroxylation is 2.